The minimum atomic E-state index is -1.06. The third-order valence-electron chi connectivity index (χ3n) is 2.96. The van der Waals surface area contributed by atoms with Crippen molar-refractivity contribution in [3.8, 4) is 17.0 Å². The zero-order chi connectivity index (χ0) is 14.1. The van der Waals surface area contributed by atoms with E-state index in [1.54, 1.807) is 23.9 Å². The fourth-order valence-electron chi connectivity index (χ4n) is 1.98. The summed E-state index contributed by atoms with van der Waals surface area (Å²) in [5, 5.41) is 9.00. The van der Waals surface area contributed by atoms with Gasteiger partial charge in [-0.05, 0) is 24.3 Å². The van der Waals surface area contributed by atoms with Gasteiger partial charge in [-0.25, -0.2) is 9.78 Å². The summed E-state index contributed by atoms with van der Waals surface area (Å²) in [4.78, 5) is 19.4. The Hall–Kier alpha value is -2.89. The molecular weight excluding hydrogens is 258 g/mol. The maximum Gasteiger partial charge on any atom is 0.356 e. The third kappa shape index (κ3) is 1.97. The van der Waals surface area contributed by atoms with Gasteiger partial charge in [-0.15, -0.1) is 0 Å². The Kier molecular flexibility index (Phi) is 2.83. The highest BCUT2D eigenvalue weighted by atomic mass is 16.5. The molecule has 1 N–H and O–H groups in total. The molecule has 0 fully saturated rings. The third-order valence-corrected chi connectivity index (χ3v) is 2.96. The fraction of sp³-hybridized carbons (Fsp3) is 0.0714. The van der Waals surface area contributed by atoms with Crippen LogP contribution in [0, 0.1) is 0 Å². The molecule has 6 nitrogen and oxygen atoms in total. The van der Waals surface area contributed by atoms with Gasteiger partial charge in [-0.2, -0.15) is 0 Å². The van der Waals surface area contributed by atoms with Gasteiger partial charge in [0.2, 0.25) is 0 Å². The second-order valence-corrected chi connectivity index (χ2v) is 4.17. The number of nitrogens with zero attached hydrogens (tertiary/aromatic N) is 3. The van der Waals surface area contributed by atoms with Gasteiger partial charge >= 0.3 is 5.97 Å². The number of imidazole rings is 1. The predicted molar refractivity (Wildman–Crippen MR) is 71.9 cm³/mol. The van der Waals surface area contributed by atoms with Crippen molar-refractivity contribution in [1.82, 2.24) is 14.4 Å². The molecule has 0 aliphatic rings. The number of carboxylic acid groups (broad SMARTS) is 1. The molecule has 0 saturated carbocycles. The minimum absolute atomic E-state index is 0.00670. The molecule has 1 aromatic carbocycles. The van der Waals surface area contributed by atoms with Crippen LogP contribution in [0.4, 0.5) is 0 Å². The summed E-state index contributed by atoms with van der Waals surface area (Å²) >= 11 is 0. The first-order valence-electron chi connectivity index (χ1n) is 5.90. The lowest BCUT2D eigenvalue weighted by Gasteiger charge is -2.04. The Morgan fingerprint density at radius 3 is 2.70 bits per heavy atom. The van der Waals surface area contributed by atoms with E-state index in [1.807, 2.05) is 24.3 Å². The van der Waals surface area contributed by atoms with Crippen LogP contribution in [0.3, 0.4) is 0 Å². The number of hydrogen-bond donors (Lipinski definition) is 1. The van der Waals surface area contributed by atoms with Crippen LogP contribution in [0.2, 0.25) is 0 Å². The molecule has 3 aromatic rings. The molecule has 0 unspecified atom stereocenters. The molecule has 0 bridgehead atoms. The van der Waals surface area contributed by atoms with Gasteiger partial charge < -0.3 is 14.2 Å². The van der Waals surface area contributed by atoms with Crippen LogP contribution in [-0.4, -0.2) is 32.6 Å². The lowest BCUT2D eigenvalue weighted by Crippen LogP contribution is -1.95. The van der Waals surface area contributed by atoms with E-state index in [0.29, 0.717) is 11.3 Å². The fourth-order valence-corrected chi connectivity index (χ4v) is 1.98. The highest BCUT2D eigenvalue weighted by Gasteiger charge is 2.13. The molecule has 2 aromatic heterocycles. The minimum Gasteiger partial charge on any atom is -0.497 e. The van der Waals surface area contributed by atoms with Crippen LogP contribution in [0.15, 0.2) is 42.9 Å². The molecule has 0 radical (unpaired) electrons. The van der Waals surface area contributed by atoms with E-state index in [2.05, 4.69) is 9.97 Å². The van der Waals surface area contributed by atoms with E-state index in [9.17, 15) is 4.79 Å². The summed E-state index contributed by atoms with van der Waals surface area (Å²) in [6.45, 7) is 0. The topological polar surface area (TPSA) is 76.7 Å². The van der Waals surface area contributed by atoms with Crippen LogP contribution >= 0.6 is 0 Å². The number of ether oxygens (including phenoxy) is 1. The van der Waals surface area contributed by atoms with E-state index in [1.165, 1.54) is 6.20 Å². The van der Waals surface area contributed by atoms with Crippen molar-refractivity contribution in [1.29, 1.82) is 0 Å². The Balaban J connectivity index is 2.16. The average Bonchev–Trinajstić information content (AvgIpc) is 2.91. The molecule has 6 heteroatoms. The number of carbonyl (C=O) groups is 1. The maximum absolute atomic E-state index is 11.0. The normalized spacial score (nSPS) is 10.7. The first-order valence-corrected chi connectivity index (χ1v) is 5.90. The van der Waals surface area contributed by atoms with E-state index in [0.717, 1.165) is 11.3 Å². The smallest absolute Gasteiger partial charge is 0.356 e. The molecular formula is C14H11N3O3. The molecule has 0 amide bonds. The van der Waals surface area contributed by atoms with Crippen LogP contribution < -0.4 is 4.74 Å². The van der Waals surface area contributed by atoms with Crippen molar-refractivity contribution >= 4 is 11.6 Å². The number of methoxy groups -OCH3 is 1. The largest absolute Gasteiger partial charge is 0.497 e. The molecule has 100 valence electrons. The summed E-state index contributed by atoms with van der Waals surface area (Å²) in [6.07, 6.45) is 4.74. The van der Waals surface area contributed by atoms with Gasteiger partial charge in [0.15, 0.2) is 11.3 Å². The van der Waals surface area contributed by atoms with Crippen molar-refractivity contribution in [3.05, 3.63) is 48.5 Å². The highest BCUT2D eigenvalue weighted by molar-refractivity contribution is 5.87. The summed E-state index contributed by atoms with van der Waals surface area (Å²) < 4.78 is 6.76. The molecule has 20 heavy (non-hydrogen) atoms. The summed E-state index contributed by atoms with van der Waals surface area (Å²) in [7, 11) is 1.60. The Labute approximate surface area is 114 Å². The lowest BCUT2D eigenvalue weighted by molar-refractivity contribution is 0.0691. The number of carboxylic acids is 1. The first-order chi connectivity index (χ1) is 9.69. The number of rotatable bonds is 3. The first kappa shape index (κ1) is 12.2. The molecule has 0 saturated heterocycles. The van der Waals surface area contributed by atoms with Gasteiger partial charge in [-0.1, -0.05) is 0 Å². The molecule has 0 aliphatic carbocycles. The Bertz CT molecular complexity index is 778. The van der Waals surface area contributed by atoms with Crippen LogP contribution in [0.25, 0.3) is 16.9 Å². The SMILES string of the molecule is COc1ccc(-c2nccn3cc(C(=O)O)nc23)cc1. The second-order valence-electron chi connectivity index (χ2n) is 4.17. The molecule has 0 spiro atoms. The Morgan fingerprint density at radius 2 is 2.05 bits per heavy atom. The quantitative estimate of drug-likeness (QED) is 0.788. The predicted octanol–water partition coefficient (Wildman–Crippen LogP) is 2.10. The zero-order valence-electron chi connectivity index (χ0n) is 10.6. The Morgan fingerprint density at radius 1 is 1.30 bits per heavy atom. The maximum atomic E-state index is 11.0. The monoisotopic (exact) mass is 269 g/mol. The number of hydrogen-bond acceptors (Lipinski definition) is 4. The summed E-state index contributed by atoms with van der Waals surface area (Å²) in [6, 6.07) is 7.36. The van der Waals surface area contributed by atoms with Crippen molar-refractivity contribution < 1.29 is 14.6 Å². The van der Waals surface area contributed by atoms with Crippen molar-refractivity contribution in [2.45, 2.75) is 0 Å². The van der Waals surface area contributed by atoms with Crippen molar-refractivity contribution in [2.75, 3.05) is 7.11 Å². The number of fused-ring (bicyclic) bond motifs is 1. The van der Waals surface area contributed by atoms with Gasteiger partial charge in [0.05, 0.1) is 7.11 Å². The number of aromatic nitrogens is 3. The molecule has 0 atom stereocenters. The van der Waals surface area contributed by atoms with Crippen molar-refractivity contribution in [2.24, 2.45) is 0 Å². The van der Waals surface area contributed by atoms with E-state index in [-0.39, 0.29) is 5.69 Å². The molecule has 2 heterocycles. The van der Waals surface area contributed by atoms with Crippen LogP contribution in [0.1, 0.15) is 10.5 Å². The van der Waals surface area contributed by atoms with E-state index in [4.69, 9.17) is 9.84 Å². The van der Waals surface area contributed by atoms with Gasteiger partial charge in [0, 0.05) is 24.2 Å². The summed E-state index contributed by atoms with van der Waals surface area (Å²) in [5.41, 5.74) is 1.98. The van der Waals surface area contributed by atoms with Crippen LogP contribution in [0.5, 0.6) is 5.75 Å². The van der Waals surface area contributed by atoms with Crippen LogP contribution in [-0.2, 0) is 0 Å². The van der Waals surface area contributed by atoms with Gasteiger partial charge in [-0.3, -0.25) is 4.98 Å². The van der Waals surface area contributed by atoms with Gasteiger partial charge in [0.1, 0.15) is 11.4 Å². The average molecular weight is 269 g/mol. The molecule has 0 aliphatic heterocycles. The van der Waals surface area contributed by atoms with Crippen molar-refractivity contribution in [3.63, 3.8) is 0 Å². The number of benzene rings is 1. The summed E-state index contributed by atoms with van der Waals surface area (Å²) in [5.74, 6) is -0.315. The highest BCUT2D eigenvalue weighted by Crippen LogP contribution is 2.24. The number of aromatic carboxylic acids is 1. The van der Waals surface area contributed by atoms with E-state index < -0.39 is 5.97 Å². The van der Waals surface area contributed by atoms with Gasteiger partial charge in [0.25, 0.3) is 0 Å². The molecule has 3 rings (SSSR count). The second kappa shape index (κ2) is 4.65. The lowest BCUT2D eigenvalue weighted by atomic mass is 10.1. The zero-order valence-corrected chi connectivity index (χ0v) is 10.6. The standard InChI is InChI=1S/C14H11N3O3/c1-20-10-4-2-9(3-5-10)12-13-16-11(14(18)19)8-17(13)7-6-15-12/h2-8H,1H3,(H,18,19). The van der Waals surface area contributed by atoms with E-state index >= 15 is 0 Å².